The molecule has 0 saturated carbocycles. The molecular formula is C23H24Cl2N2O2. The number of nitrogens with one attached hydrogen (secondary N) is 1. The van der Waals surface area contributed by atoms with Gasteiger partial charge in [0.2, 0.25) is 11.8 Å². The molecule has 3 rings (SSSR count). The second-order valence-electron chi connectivity index (χ2n) is 7.25. The van der Waals surface area contributed by atoms with Gasteiger partial charge in [-0.3, -0.25) is 9.59 Å². The Morgan fingerprint density at radius 2 is 1.76 bits per heavy atom. The van der Waals surface area contributed by atoms with Crippen molar-refractivity contribution in [3.63, 3.8) is 0 Å². The summed E-state index contributed by atoms with van der Waals surface area (Å²) in [5.74, 6) is -0.102. The van der Waals surface area contributed by atoms with Crippen molar-refractivity contribution in [1.29, 1.82) is 0 Å². The van der Waals surface area contributed by atoms with Crippen LogP contribution < -0.4 is 5.32 Å². The minimum atomic E-state index is -0.161. The zero-order valence-electron chi connectivity index (χ0n) is 16.3. The number of hydrogen-bond donors (Lipinski definition) is 1. The summed E-state index contributed by atoms with van der Waals surface area (Å²) in [6.45, 7) is 3.08. The minimum Gasteiger partial charge on any atom is -0.349 e. The second kappa shape index (κ2) is 9.95. The molecule has 6 heteroatoms. The molecule has 2 aromatic carbocycles. The van der Waals surface area contributed by atoms with Crippen LogP contribution in [0.15, 0.2) is 54.6 Å². The Labute approximate surface area is 181 Å². The van der Waals surface area contributed by atoms with Crippen LogP contribution in [0.25, 0.3) is 6.08 Å². The number of hydrogen-bond acceptors (Lipinski definition) is 2. The van der Waals surface area contributed by atoms with Gasteiger partial charge < -0.3 is 10.2 Å². The molecule has 0 spiro atoms. The Balaban J connectivity index is 1.49. The quantitative estimate of drug-likeness (QED) is 0.668. The van der Waals surface area contributed by atoms with Crippen molar-refractivity contribution in [2.75, 3.05) is 13.1 Å². The number of halogens is 2. The number of benzene rings is 2. The Morgan fingerprint density at radius 3 is 2.41 bits per heavy atom. The maximum absolute atomic E-state index is 12.6. The summed E-state index contributed by atoms with van der Waals surface area (Å²) in [5.41, 5.74) is 1.90. The maximum Gasteiger partial charge on any atom is 0.246 e. The molecule has 1 heterocycles. The topological polar surface area (TPSA) is 49.4 Å². The van der Waals surface area contributed by atoms with E-state index >= 15 is 0 Å². The monoisotopic (exact) mass is 430 g/mol. The molecule has 29 heavy (non-hydrogen) atoms. The van der Waals surface area contributed by atoms with E-state index in [-0.39, 0.29) is 23.8 Å². The van der Waals surface area contributed by atoms with E-state index in [1.54, 1.807) is 23.1 Å². The first kappa shape index (κ1) is 21.4. The van der Waals surface area contributed by atoms with Crippen LogP contribution in [0, 0.1) is 5.92 Å². The molecule has 152 valence electrons. The average molecular weight is 431 g/mol. The minimum absolute atomic E-state index is 0.00972. The van der Waals surface area contributed by atoms with Gasteiger partial charge in [-0.1, -0.05) is 59.6 Å². The molecule has 0 bridgehead atoms. The molecule has 1 N–H and O–H groups in total. The molecule has 4 nitrogen and oxygen atoms in total. The highest BCUT2D eigenvalue weighted by atomic mass is 35.5. The zero-order valence-corrected chi connectivity index (χ0v) is 17.8. The lowest BCUT2D eigenvalue weighted by molar-refractivity contribution is -0.132. The SMILES string of the molecule is CC(NC(=O)C1CCN(C(=O)/C=C/c2ccccc2)CC1)c1ccc(Cl)c(Cl)c1. The fourth-order valence-electron chi connectivity index (χ4n) is 3.40. The zero-order chi connectivity index (χ0) is 20.8. The van der Waals surface area contributed by atoms with E-state index in [0.717, 1.165) is 11.1 Å². The molecular weight excluding hydrogens is 407 g/mol. The summed E-state index contributed by atoms with van der Waals surface area (Å²) in [5, 5.41) is 4.01. The number of likely N-dealkylation sites (tertiary alicyclic amines) is 1. The van der Waals surface area contributed by atoms with Gasteiger partial charge in [-0.05, 0) is 49.1 Å². The third-order valence-electron chi connectivity index (χ3n) is 5.20. The number of nitrogens with zero attached hydrogens (tertiary/aromatic N) is 1. The summed E-state index contributed by atoms with van der Waals surface area (Å²) in [6.07, 6.45) is 4.73. The van der Waals surface area contributed by atoms with Crippen molar-refractivity contribution in [3.8, 4) is 0 Å². The van der Waals surface area contributed by atoms with Gasteiger partial charge in [0, 0.05) is 25.1 Å². The lowest BCUT2D eigenvalue weighted by Gasteiger charge is -2.31. The van der Waals surface area contributed by atoms with E-state index < -0.39 is 0 Å². The van der Waals surface area contributed by atoms with Crippen molar-refractivity contribution in [3.05, 3.63) is 75.8 Å². The van der Waals surface area contributed by atoms with Crippen LogP contribution in [0.3, 0.4) is 0 Å². The van der Waals surface area contributed by atoms with Gasteiger partial charge in [-0.25, -0.2) is 0 Å². The number of rotatable bonds is 5. The molecule has 0 aliphatic carbocycles. The largest absolute Gasteiger partial charge is 0.349 e. The molecule has 2 amide bonds. The molecule has 1 unspecified atom stereocenters. The second-order valence-corrected chi connectivity index (χ2v) is 8.06. The van der Waals surface area contributed by atoms with E-state index in [1.165, 1.54) is 0 Å². The van der Waals surface area contributed by atoms with Crippen molar-refractivity contribution < 1.29 is 9.59 Å². The highest BCUT2D eigenvalue weighted by Gasteiger charge is 2.27. The van der Waals surface area contributed by atoms with E-state index in [2.05, 4.69) is 5.32 Å². The van der Waals surface area contributed by atoms with Gasteiger partial charge in [0.05, 0.1) is 16.1 Å². The number of carbonyl (C=O) groups is 2. The summed E-state index contributed by atoms with van der Waals surface area (Å²) >= 11 is 12.0. The molecule has 1 fully saturated rings. The third-order valence-corrected chi connectivity index (χ3v) is 5.94. The Kier molecular flexibility index (Phi) is 7.34. The number of carbonyl (C=O) groups excluding carboxylic acids is 2. The van der Waals surface area contributed by atoms with E-state index in [9.17, 15) is 9.59 Å². The molecule has 1 atom stereocenters. The predicted octanol–water partition coefficient (Wildman–Crippen LogP) is 5.12. The first-order valence-electron chi connectivity index (χ1n) is 9.71. The number of amides is 2. The first-order valence-corrected chi connectivity index (χ1v) is 10.5. The van der Waals surface area contributed by atoms with Crippen molar-refractivity contribution in [2.45, 2.75) is 25.8 Å². The van der Waals surface area contributed by atoms with E-state index in [1.807, 2.05) is 49.4 Å². The fourth-order valence-corrected chi connectivity index (χ4v) is 3.70. The van der Waals surface area contributed by atoms with Crippen molar-refractivity contribution >= 4 is 41.1 Å². The third kappa shape index (κ3) is 5.84. The van der Waals surface area contributed by atoms with Crippen LogP contribution in [-0.4, -0.2) is 29.8 Å². The molecule has 0 aromatic heterocycles. The highest BCUT2D eigenvalue weighted by molar-refractivity contribution is 6.42. The smallest absolute Gasteiger partial charge is 0.246 e. The molecule has 1 aliphatic heterocycles. The van der Waals surface area contributed by atoms with Crippen LogP contribution >= 0.6 is 23.2 Å². The Hall–Kier alpha value is -2.30. The van der Waals surface area contributed by atoms with Crippen molar-refractivity contribution in [2.24, 2.45) is 5.92 Å². The van der Waals surface area contributed by atoms with Gasteiger partial charge in [0.15, 0.2) is 0 Å². The Bertz CT molecular complexity index is 891. The van der Waals surface area contributed by atoms with Gasteiger partial charge in [0.1, 0.15) is 0 Å². The van der Waals surface area contributed by atoms with E-state index in [4.69, 9.17) is 23.2 Å². The standard InChI is InChI=1S/C23H24Cl2N2O2/c1-16(19-8-9-20(24)21(25)15-19)26-23(29)18-11-13-27(14-12-18)22(28)10-7-17-5-3-2-4-6-17/h2-10,15-16,18H,11-14H2,1H3,(H,26,29)/b10-7+. The molecule has 1 saturated heterocycles. The normalized spacial score (nSPS) is 16.0. The van der Waals surface area contributed by atoms with Crippen LogP contribution in [0.4, 0.5) is 0 Å². The Morgan fingerprint density at radius 1 is 1.07 bits per heavy atom. The molecule has 2 aromatic rings. The number of piperidine rings is 1. The maximum atomic E-state index is 12.6. The summed E-state index contributed by atoms with van der Waals surface area (Å²) in [7, 11) is 0. The van der Waals surface area contributed by atoms with Crippen LogP contribution in [0.1, 0.15) is 36.9 Å². The van der Waals surface area contributed by atoms with Crippen molar-refractivity contribution in [1.82, 2.24) is 10.2 Å². The summed E-state index contributed by atoms with van der Waals surface area (Å²) in [4.78, 5) is 26.8. The lowest BCUT2D eigenvalue weighted by Crippen LogP contribution is -2.43. The van der Waals surface area contributed by atoms with E-state index in [0.29, 0.717) is 36.0 Å². The van der Waals surface area contributed by atoms with Crippen LogP contribution in [-0.2, 0) is 9.59 Å². The summed E-state index contributed by atoms with van der Waals surface area (Å²) in [6, 6.07) is 14.9. The molecule has 0 radical (unpaired) electrons. The fraction of sp³-hybridized carbons (Fsp3) is 0.304. The van der Waals surface area contributed by atoms with Gasteiger partial charge in [-0.15, -0.1) is 0 Å². The summed E-state index contributed by atoms with van der Waals surface area (Å²) < 4.78 is 0. The predicted molar refractivity (Wildman–Crippen MR) is 118 cm³/mol. The van der Waals surface area contributed by atoms with Crippen LogP contribution in [0.5, 0.6) is 0 Å². The lowest BCUT2D eigenvalue weighted by atomic mass is 9.95. The average Bonchev–Trinajstić information content (AvgIpc) is 2.74. The van der Waals surface area contributed by atoms with Gasteiger partial charge in [0.25, 0.3) is 0 Å². The highest BCUT2D eigenvalue weighted by Crippen LogP contribution is 2.26. The van der Waals surface area contributed by atoms with Gasteiger partial charge >= 0.3 is 0 Å². The first-order chi connectivity index (χ1) is 13.9. The van der Waals surface area contributed by atoms with Gasteiger partial charge in [-0.2, -0.15) is 0 Å². The van der Waals surface area contributed by atoms with Crippen LogP contribution in [0.2, 0.25) is 10.0 Å². The molecule has 1 aliphatic rings.